The molecule has 4 N–H and O–H groups in total. The van der Waals surface area contributed by atoms with Crippen molar-refractivity contribution in [2.75, 3.05) is 6.61 Å². The number of hydrogen-bond donors (Lipinski definition) is 4. The van der Waals surface area contributed by atoms with Crippen molar-refractivity contribution in [2.24, 2.45) is 5.92 Å². The second-order valence-electron chi connectivity index (χ2n) is 8.29. The van der Waals surface area contributed by atoms with Gasteiger partial charge in [0, 0.05) is 22.9 Å². The number of benzene rings is 2. The smallest absolute Gasteiger partial charge is 0.107 e. The van der Waals surface area contributed by atoms with Crippen LogP contribution in [0.5, 0.6) is 0 Å². The van der Waals surface area contributed by atoms with Crippen molar-refractivity contribution in [3.05, 3.63) is 69.2 Å². The van der Waals surface area contributed by atoms with E-state index in [1.54, 1.807) is 0 Å². The van der Waals surface area contributed by atoms with Crippen LogP contribution in [0.4, 0.5) is 0 Å². The van der Waals surface area contributed by atoms with Crippen LogP contribution in [0.1, 0.15) is 53.4 Å². The minimum absolute atomic E-state index is 0.201. The van der Waals surface area contributed by atoms with Gasteiger partial charge < -0.3 is 20.4 Å². The van der Waals surface area contributed by atoms with E-state index in [1.807, 2.05) is 18.2 Å². The lowest BCUT2D eigenvalue weighted by molar-refractivity contribution is -0.127. The van der Waals surface area contributed by atoms with E-state index in [0.717, 1.165) is 16.5 Å². The van der Waals surface area contributed by atoms with Gasteiger partial charge in [-0.25, -0.2) is 0 Å². The topological polar surface area (TPSA) is 80.9 Å². The third-order valence-corrected chi connectivity index (χ3v) is 6.84. The molecule has 2 aromatic rings. The van der Waals surface area contributed by atoms with Crippen LogP contribution in [0.3, 0.4) is 0 Å². The first kappa shape index (κ1) is 20.0. The highest BCUT2D eigenvalue weighted by Gasteiger charge is 2.43. The zero-order chi connectivity index (χ0) is 19.8. The van der Waals surface area contributed by atoms with E-state index in [1.165, 1.54) is 29.5 Å². The molecule has 28 heavy (non-hydrogen) atoms. The summed E-state index contributed by atoms with van der Waals surface area (Å²) in [5, 5.41) is 40.5. The van der Waals surface area contributed by atoms with Gasteiger partial charge in [-0.05, 0) is 66.0 Å². The molecule has 2 aliphatic rings. The summed E-state index contributed by atoms with van der Waals surface area (Å²) in [7, 11) is 0. The minimum Gasteiger partial charge on any atom is -0.396 e. The first-order valence-corrected chi connectivity index (χ1v) is 10.8. The first-order valence-electron chi connectivity index (χ1n) is 10.00. The predicted octanol–water partition coefficient (Wildman–Crippen LogP) is 3.10. The molecule has 0 radical (unpaired) electrons. The molecule has 0 spiro atoms. The van der Waals surface area contributed by atoms with Crippen LogP contribution in [0, 0.1) is 5.92 Å². The highest BCUT2D eigenvalue weighted by atomic mass is 79.9. The number of hydrogen-bond acceptors (Lipinski definition) is 4. The standard InChI is InChI=1S/C23H27BrO4/c24-18-6-1-13(2-7-18)9-16-10-15(5-8-19(16)14-3-4-14)20-11-17(12-25)21(26)23(28)22(20)27/h1-2,5-8,10,14,17,20-23,25-28H,3-4,9,11-12H2/t17-,20+,21-,22+,23+/m1/s1. The quantitative estimate of drug-likeness (QED) is 0.568. The average Bonchev–Trinajstić information content (AvgIpc) is 3.53. The van der Waals surface area contributed by atoms with Crippen LogP contribution in [0.25, 0.3) is 0 Å². The largest absolute Gasteiger partial charge is 0.396 e. The Hall–Kier alpha value is -1.24. The molecular formula is C23H27BrO4. The van der Waals surface area contributed by atoms with Crippen molar-refractivity contribution in [3.63, 3.8) is 0 Å². The molecule has 150 valence electrons. The molecule has 4 rings (SSSR count). The number of halogens is 1. The third kappa shape index (κ3) is 4.05. The molecule has 2 aliphatic carbocycles. The Morgan fingerprint density at radius 1 is 0.893 bits per heavy atom. The summed E-state index contributed by atoms with van der Waals surface area (Å²) >= 11 is 3.48. The van der Waals surface area contributed by atoms with Gasteiger partial charge in [0.05, 0.1) is 12.2 Å². The van der Waals surface area contributed by atoms with Crippen molar-refractivity contribution in [2.45, 2.75) is 55.8 Å². The maximum atomic E-state index is 10.6. The molecule has 0 bridgehead atoms. The Balaban J connectivity index is 1.65. The van der Waals surface area contributed by atoms with Gasteiger partial charge in [-0.1, -0.05) is 46.3 Å². The van der Waals surface area contributed by atoms with E-state index in [9.17, 15) is 20.4 Å². The van der Waals surface area contributed by atoms with Crippen molar-refractivity contribution in [3.8, 4) is 0 Å². The van der Waals surface area contributed by atoms with E-state index in [-0.39, 0.29) is 12.5 Å². The van der Waals surface area contributed by atoms with Crippen LogP contribution in [0.15, 0.2) is 46.9 Å². The van der Waals surface area contributed by atoms with Gasteiger partial charge in [-0.3, -0.25) is 0 Å². The Kier molecular flexibility index (Phi) is 5.91. The van der Waals surface area contributed by atoms with E-state index in [4.69, 9.17) is 0 Å². The molecule has 0 unspecified atom stereocenters. The molecule has 0 amide bonds. The van der Waals surface area contributed by atoms with Crippen LogP contribution < -0.4 is 0 Å². The van der Waals surface area contributed by atoms with Crippen molar-refractivity contribution in [1.82, 2.24) is 0 Å². The Labute approximate surface area is 174 Å². The molecule has 5 atom stereocenters. The second kappa shape index (κ2) is 8.25. The molecule has 4 nitrogen and oxygen atoms in total. The summed E-state index contributed by atoms with van der Waals surface area (Å²) in [6.07, 6.45) is 0.344. The fraction of sp³-hybridized carbons (Fsp3) is 0.478. The zero-order valence-corrected chi connectivity index (χ0v) is 17.3. The molecule has 0 heterocycles. The Bertz CT molecular complexity index is 816. The molecule has 0 aromatic heterocycles. The molecular weight excluding hydrogens is 420 g/mol. The molecule has 2 saturated carbocycles. The summed E-state index contributed by atoms with van der Waals surface area (Å²) in [6, 6.07) is 14.7. The summed E-state index contributed by atoms with van der Waals surface area (Å²) in [6.45, 7) is -0.201. The normalized spacial score (nSPS) is 30.4. The van der Waals surface area contributed by atoms with E-state index < -0.39 is 24.2 Å². The molecule has 0 saturated heterocycles. The molecule has 2 aromatic carbocycles. The highest BCUT2D eigenvalue weighted by Crippen LogP contribution is 2.44. The van der Waals surface area contributed by atoms with Crippen molar-refractivity contribution in [1.29, 1.82) is 0 Å². The number of aliphatic hydroxyl groups is 4. The first-order chi connectivity index (χ1) is 13.5. The minimum atomic E-state index is -1.24. The molecule has 5 heteroatoms. The lowest BCUT2D eigenvalue weighted by atomic mass is 9.72. The third-order valence-electron chi connectivity index (χ3n) is 6.31. The SMILES string of the molecule is OC[C@H]1C[C@@H](c2ccc(C3CC3)c(Cc3ccc(Br)cc3)c2)[C@H](O)[C@@H](O)[C@@H]1O. The summed E-state index contributed by atoms with van der Waals surface area (Å²) in [5.41, 5.74) is 4.83. The van der Waals surface area contributed by atoms with Gasteiger partial charge >= 0.3 is 0 Å². The summed E-state index contributed by atoms with van der Waals surface area (Å²) < 4.78 is 1.06. The lowest BCUT2D eigenvalue weighted by Crippen LogP contribution is -2.51. The van der Waals surface area contributed by atoms with Gasteiger partial charge in [0.2, 0.25) is 0 Å². The van der Waals surface area contributed by atoms with Gasteiger partial charge in [-0.2, -0.15) is 0 Å². The monoisotopic (exact) mass is 446 g/mol. The van der Waals surface area contributed by atoms with E-state index >= 15 is 0 Å². The number of rotatable bonds is 5. The fourth-order valence-corrected chi connectivity index (χ4v) is 4.73. The van der Waals surface area contributed by atoms with Gasteiger partial charge in [0.25, 0.3) is 0 Å². The number of aliphatic hydroxyl groups excluding tert-OH is 4. The molecule has 0 aliphatic heterocycles. The average molecular weight is 447 g/mol. The second-order valence-corrected chi connectivity index (χ2v) is 9.21. The van der Waals surface area contributed by atoms with Crippen LogP contribution in [-0.4, -0.2) is 45.3 Å². The van der Waals surface area contributed by atoms with Gasteiger partial charge in [0.15, 0.2) is 0 Å². The zero-order valence-electron chi connectivity index (χ0n) is 15.7. The van der Waals surface area contributed by atoms with Crippen LogP contribution in [-0.2, 0) is 6.42 Å². The van der Waals surface area contributed by atoms with Crippen LogP contribution in [0.2, 0.25) is 0 Å². The maximum absolute atomic E-state index is 10.6. The van der Waals surface area contributed by atoms with Gasteiger partial charge in [-0.15, -0.1) is 0 Å². The van der Waals surface area contributed by atoms with E-state index in [2.05, 4.69) is 40.2 Å². The highest BCUT2D eigenvalue weighted by molar-refractivity contribution is 9.10. The maximum Gasteiger partial charge on any atom is 0.107 e. The van der Waals surface area contributed by atoms with Gasteiger partial charge in [0.1, 0.15) is 6.10 Å². The van der Waals surface area contributed by atoms with Crippen LogP contribution >= 0.6 is 15.9 Å². The molecule has 2 fully saturated rings. The van der Waals surface area contributed by atoms with E-state index in [0.29, 0.717) is 12.3 Å². The predicted molar refractivity (Wildman–Crippen MR) is 111 cm³/mol. The summed E-state index contributed by atoms with van der Waals surface area (Å²) in [5.74, 6) is -0.109. The Morgan fingerprint density at radius 2 is 1.61 bits per heavy atom. The lowest BCUT2D eigenvalue weighted by Gasteiger charge is -2.40. The fourth-order valence-electron chi connectivity index (χ4n) is 4.46. The van der Waals surface area contributed by atoms with Crippen molar-refractivity contribution >= 4 is 15.9 Å². The summed E-state index contributed by atoms with van der Waals surface area (Å²) in [4.78, 5) is 0. The van der Waals surface area contributed by atoms with Crippen molar-refractivity contribution < 1.29 is 20.4 Å². The Morgan fingerprint density at radius 3 is 2.25 bits per heavy atom.